The van der Waals surface area contributed by atoms with Gasteiger partial charge in [0.1, 0.15) is 11.5 Å². The van der Waals surface area contributed by atoms with Gasteiger partial charge in [0.2, 0.25) is 0 Å². The molecule has 0 aliphatic rings. The zero-order chi connectivity index (χ0) is 13.1. The number of halogens is 1. The van der Waals surface area contributed by atoms with E-state index in [4.69, 9.17) is 5.11 Å². The molecule has 1 amide bonds. The van der Waals surface area contributed by atoms with Crippen molar-refractivity contribution in [2.45, 2.75) is 0 Å². The Morgan fingerprint density at radius 3 is 2.78 bits per heavy atom. The van der Waals surface area contributed by atoms with E-state index >= 15 is 0 Å². The van der Waals surface area contributed by atoms with E-state index in [1.54, 1.807) is 0 Å². The van der Waals surface area contributed by atoms with Crippen LogP contribution < -0.4 is 5.32 Å². The van der Waals surface area contributed by atoms with Gasteiger partial charge in [0.25, 0.3) is 5.91 Å². The first-order valence-electron chi connectivity index (χ1n) is 4.80. The molecule has 0 aliphatic heterocycles. The Morgan fingerprint density at radius 2 is 2.17 bits per heavy atom. The second-order valence-electron chi connectivity index (χ2n) is 3.33. The largest absolute Gasteiger partial charge is 0.478 e. The van der Waals surface area contributed by atoms with Gasteiger partial charge < -0.3 is 10.4 Å². The van der Waals surface area contributed by atoms with Gasteiger partial charge in [0.15, 0.2) is 0 Å². The fourth-order valence-corrected chi connectivity index (χ4v) is 1.80. The number of carbonyl (C=O) groups is 2. The molecule has 2 rings (SSSR count). The van der Waals surface area contributed by atoms with Gasteiger partial charge in [-0.1, -0.05) is 0 Å². The predicted octanol–water partition coefficient (Wildman–Crippen LogP) is 2.23. The highest BCUT2D eigenvalue weighted by molar-refractivity contribution is 7.07. The Kier molecular flexibility index (Phi) is 3.33. The smallest absolute Gasteiger partial charge is 0.335 e. The summed E-state index contributed by atoms with van der Waals surface area (Å²) in [6.45, 7) is 0. The number of carbonyl (C=O) groups excluding carboxylic acids is 1. The van der Waals surface area contributed by atoms with E-state index in [1.165, 1.54) is 22.2 Å². The van der Waals surface area contributed by atoms with E-state index in [9.17, 15) is 14.0 Å². The molecule has 0 saturated carbocycles. The molecule has 1 heterocycles. The third-order valence-electron chi connectivity index (χ3n) is 2.13. The van der Waals surface area contributed by atoms with E-state index in [0.29, 0.717) is 0 Å². The van der Waals surface area contributed by atoms with E-state index < -0.39 is 17.7 Å². The molecule has 0 radical (unpaired) electrons. The van der Waals surface area contributed by atoms with Crippen molar-refractivity contribution >= 4 is 28.9 Å². The van der Waals surface area contributed by atoms with Crippen LogP contribution >= 0.6 is 11.3 Å². The molecule has 7 heteroatoms. The van der Waals surface area contributed by atoms with Crippen molar-refractivity contribution in [3.05, 3.63) is 46.2 Å². The van der Waals surface area contributed by atoms with Crippen molar-refractivity contribution in [2.24, 2.45) is 0 Å². The first kappa shape index (κ1) is 12.2. The number of anilines is 1. The molecule has 5 nitrogen and oxygen atoms in total. The van der Waals surface area contributed by atoms with Gasteiger partial charge in [-0.3, -0.25) is 4.79 Å². The SMILES string of the molecule is O=C(O)c1ccc(F)c(NC(=O)c2cscn2)c1. The summed E-state index contributed by atoms with van der Waals surface area (Å²) in [5.41, 5.74) is 1.33. The summed E-state index contributed by atoms with van der Waals surface area (Å²) in [6, 6.07) is 3.16. The van der Waals surface area contributed by atoms with Crippen molar-refractivity contribution in [1.82, 2.24) is 4.98 Å². The van der Waals surface area contributed by atoms with Crippen molar-refractivity contribution < 1.29 is 19.1 Å². The van der Waals surface area contributed by atoms with Gasteiger partial charge in [-0.05, 0) is 18.2 Å². The maximum atomic E-state index is 13.4. The average Bonchev–Trinajstić information content (AvgIpc) is 2.85. The summed E-state index contributed by atoms with van der Waals surface area (Å²) < 4.78 is 13.4. The van der Waals surface area contributed by atoms with Crippen LogP contribution in [0.3, 0.4) is 0 Å². The predicted molar refractivity (Wildman–Crippen MR) is 63.4 cm³/mol. The van der Waals surface area contributed by atoms with Crippen LogP contribution in [0.15, 0.2) is 29.1 Å². The molecule has 92 valence electrons. The Balaban J connectivity index is 2.26. The molecular weight excluding hydrogens is 259 g/mol. The van der Waals surface area contributed by atoms with Crippen LogP contribution in [-0.2, 0) is 0 Å². The van der Waals surface area contributed by atoms with E-state index in [-0.39, 0.29) is 16.9 Å². The molecule has 0 unspecified atom stereocenters. The monoisotopic (exact) mass is 266 g/mol. The quantitative estimate of drug-likeness (QED) is 0.892. The van der Waals surface area contributed by atoms with Crippen LogP contribution in [0, 0.1) is 5.82 Å². The number of hydrogen-bond donors (Lipinski definition) is 2. The van der Waals surface area contributed by atoms with Crippen LogP contribution in [0.4, 0.5) is 10.1 Å². The molecule has 0 fully saturated rings. The second-order valence-corrected chi connectivity index (χ2v) is 4.05. The van der Waals surface area contributed by atoms with Crippen LogP contribution in [-0.4, -0.2) is 22.0 Å². The van der Waals surface area contributed by atoms with E-state index in [2.05, 4.69) is 10.3 Å². The zero-order valence-electron chi connectivity index (χ0n) is 8.88. The van der Waals surface area contributed by atoms with Gasteiger partial charge >= 0.3 is 5.97 Å². The number of thiazole rings is 1. The fourth-order valence-electron chi connectivity index (χ4n) is 1.27. The first-order valence-corrected chi connectivity index (χ1v) is 5.74. The summed E-state index contributed by atoms with van der Waals surface area (Å²) in [7, 11) is 0. The molecule has 0 spiro atoms. The molecule has 1 aromatic carbocycles. The molecule has 2 N–H and O–H groups in total. The summed E-state index contributed by atoms with van der Waals surface area (Å²) in [5, 5.41) is 12.6. The van der Waals surface area contributed by atoms with Gasteiger partial charge in [-0.2, -0.15) is 0 Å². The molecule has 0 aliphatic carbocycles. The minimum absolute atomic E-state index is 0.107. The van der Waals surface area contributed by atoms with E-state index in [1.807, 2.05) is 0 Å². The summed E-state index contributed by atoms with van der Waals surface area (Å²) in [4.78, 5) is 26.1. The number of amides is 1. The Labute approximate surface area is 105 Å². The number of carboxylic acid groups (broad SMARTS) is 1. The number of carboxylic acids is 1. The number of aromatic nitrogens is 1. The fraction of sp³-hybridized carbons (Fsp3) is 0. The number of nitrogens with one attached hydrogen (secondary N) is 1. The summed E-state index contributed by atoms with van der Waals surface area (Å²) in [6.07, 6.45) is 0. The number of nitrogens with zero attached hydrogens (tertiary/aromatic N) is 1. The molecule has 0 saturated heterocycles. The third kappa shape index (κ3) is 2.51. The van der Waals surface area contributed by atoms with Gasteiger partial charge in [-0.25, -0.2) is 14.2 Å². The zero-order valence-corrected chi connectivity index (χ0v) is 9.70. The molecule has 0 bridgehead atoms. The maximum Gasteiger partial charge on any atom is 0.335 e. The lowest BCUT2D eigenvalue weighted by molar-refractivity contribution is 0.0696. The molecule has 2 aromatic rings. The van der Waals surface area contributed by atoms with Crippen molar-refractivity contribution in [3.63, 3.8) is 0 Å². The van der Waals surface area contributed by atoms with Crippen molar-refractivity contribution in [1.29, 1.82) is 0 Å². The lowest BCUT2D eigenvalue weighted by Crippen LogP contribution is -2.14. The van der Waals surface area contributed by atoms with Crippen LogP contribution in [0.5, 0.6) is 0 Å². The Bertz CT molecular complexity index is 598. The lowest BCUT2D eigenvalue weighted by atomic mass is 10.2. The summed E-state index contributed by atoms with van der Waals surface area (Å²) in [5.74, 6) is -2.49. The van der Waals surface area contributed by atoms with E-state index in [0.717, 1.165) is 18.2 Å². The molecule has 1 aromatic heterocycles. The number of benzene rings is 1. The number of aromatic carboxylic acids is 1. The van der Waals surface area contributed by atoms with Crippen molar-refractivity contribution in [3.8, 4) is 0 Å². The molecule has 18 heavy (non-hydrogen) atoms. The van der Waals surface area contributed by atoms with Gasteiger partial charge in [0.05, 0.1) is 16.8 Å². The first-order chi connectivity index (χ1) is 8.58. The average molecular weight is 266 g/mol. The van der Waals surface area contributed by atoms with Crippen molar-refractivity contribution in [2.75, 3.05) is 5.32 Å². The highest BCUT2D eigenvalue weighted by atomic mass is 32.1. The van der Waals surface area contributed by atoms with Gasteiger partial charge in [0, 0.05) is 5.38 Å². The van der Waals surface area contributed by atoms with Gasteiger partial charge in [-0.15, -0.1) is 11.3 Å². The van der Waals surface area contributed by atoms with Crippen LogP contribution in [0.1, 0.15) is 20.8 Å². The minimum Gasteiger partial charge on any atom is -0.478 e. The Morgan fingerprint density at radius 1 is 1.39 bits per heavy atom. The normalized spacial score (nSPS) is 10.1. The maximum absolute atomic E-state index is 13.4. The number of hydrogen-bond acceptors (Lipinski definition) is 4. The highest BCUT2D eigenvalue weighted by Gasteiger charge is 2.13. The second kappa shape index (κ2) is 4.92. The lowest BCUT2D eigenvalue weighted by Gasteiger charge is -2.05. The van der Waals surface area contributed by atoms with Crippen LogP contribution in [0.25, 0.3) is 0 Å². The molecule has 0 atom stereocenters. The highest BCUT2D eigenvalue weighted by Crippen LogP contribution is 2.17. The third-order valence-corrected chi connectivity index (χ3v) is 2.71. The van der Waals surface area contributed by atoms with Crippen LogP contribution in [0.2, 0.25) is 0 Å². The number of rotatable bonds is 3. The molecular formula is C11H7FN2O3S. The minimum atomic E-state index is -1.20. The Hall–Kier alpha value is -2.28. The topological polar surface area (TPSA) is 79.3 Å². The summed E-state index contributed by atoms with van der Waals surface area (Å²) >= 11 is 1.23. The standard InChI is InChI=1S/C11H7FN2O3S/c12-7-2-1-6(11(16)17)3-8(7)14-10(15)9-4-18-5-13-9/h1-5H,(H,14,15)(H,16,17).